The van der Waals surface area contributed by atoms with Gasteiger partial charge in [0.25, 0.3) is 11.5 Å². The van der Waals surface area contributed by atoms with Crippen molar-refractivity contribution in [3.8, 4) is 11.4 Å². The number of amides is 1. The molecule has 4 rings (SSSR count). The third kappa shape index (κ3) is 4.89. The number of halogens is 3. The second-order valence-corrected chi connectivity index (χ2v) is 8.05. The smallest absolute Gasteiger partial charge is 0.461 e. The molecule has 1 atom stereocenters. The van der Waals surface area contributed by atoms with Crippen LogP contribution in [0.4, 0.5) is 18.2 Å². The lowest BCUT2D eigenvalue weighted by atomic mass is 10.2. The van der Waals surface area contributed by atoms with Gasteiger partial charge in [0, 0.05) is 17.4 Å². The van der Waals surface area contributed by atoms with Gasteiger partial charge in [-0.3, -0.25) is 9.59 Å². The van der Waals surface area contributed by atoms with Crippen LogP contribution in [-0.4, -0.2) is 47.3 Å². The molecular formula is C21H18F3N3O6S. The summed E-state index contributed by atoms with van der Waals surface area (Å²) in [5.41, 5.74) is -0.785. The highest BCUT2D eigenvalue weighted by atomic mass is 32.1. The number of nitrogens with one attached hydrogen (secondary N) is 1. The number of alkyl halides is 3. The maximum absolute atomic E-state index is 13.3. The van der Waals surface area contributed by atoms with Crippen LogP contribution in [-0.2, 0) is 14.3 Å². The second-order valence-electron chi connectivity index (χ2n) is 7.17. The molecule has 0 bridgehead atoms. The van der Waals surface area contributed by atoms with Crippen molar-refractivity contribution in [2.24, 2.45) is 0 Å². The monoisotopic (exact) mass is 497 g/mol. The van der Waals surface area contributed by atoms with Gasteiger partial charge < -0.3 is 19.5 Å². The molecule has 180 valence electrons. The summed E-state index contributed by atoms with van der Waals surface area (Å²) in [6.45, 7) is 2.11. The third-order valence-corrected chi connectivity index (χ3v) is 5.79. The van der Waals surface area contributed by atoms with E-state index in [1.165, 1.54) is 17.5 Å². The number of anilines is 1. The maximum Gasteiger partial charge on any atom is 0.573 e. The number of carbonyl (C=O) groups excluding carboxylic acids is 2. The molecule has 3 heterocycles. The van der Waals surface area contributed by atoms with Crippen LogP contribution in [0, 0.1) is 0 Å². The highest BCUT2D eigenvalue weighted by Crippen LogP contribution is 2.31. The van der Waals surface area contributed by atoms with E-state index in [1.54, 1.807) is 6.92 Å². The number of thiophene rings is 1. The van der Waals surface area contributed by atoms with Gasteiger partial charge >= 0.3 is 12.3 Å². The number of nitrogens with zero attached hydrogens (tertiary/aromatic N) is 2. The van der Waals surface area contributed by atoms with Gasteiger partial charge in [0.2, 0.25) is 0 Å². The number of ether oxygens (including phenoxy) is 3. The molecule has 2 aromatic heterocycles. The zero-order chi connectivity index (χ0) is 24.5. The van der Waals surface area contributed by atoms with Gasteiger partial charge in [0.05, 0.1) is 17.7 Å². The van der Waals surface area contributed by atoms with Gasteiger partial charge in [0.15, 0.2) is 5.69 Å². The zero-order valence-corrected chi connectivity index (χ0v) is 18.5. The van der Waals surface area contributed by atoms with Crippen LogP contribution in [0.1, 0.15) is 30.3 Å². The van der Waals surface area contributed by atoms with Crippen LogP contribution in [0.25, 0.3) is 16.5 Å². The van der Waals surface area contributed by atoms with E-state index in [2.05, 4.69) is 15.2 Å². The van der Waals surface area contributed by atoms with E-state index in [1.807, 2.05) is 0 Å². The lowest BCUT2D eigenvalue weighted by molar-refractivity contribution is -0.274. The molecule has 34 heavy (non-hydrogen) atoms. The average molecular weight is 497 g/mol. The molecule has 0 saturated carbocycles. The Hall–Kier alpha value is -3.45. The molecule has 0 aliphatic carbocycles. The molecule has 1 aromatic carbocycles. The number of fused-ring (bicyclic) bond motifs is 1. The molecular weight excluding hydrogens is 479 g/mol. The molecule has 0 spiro atoms. The highest BCUT2D eigenvalue weighted by molar-refractivity contribution is 7.16. The summed E-state index contributed by atoms with van der Waals surface area (Å²) < 4.78 is 52.5. The standard InChI is InChI=1S/C21H18F3N3O6S/c1-2-31-20(30)16-13-10-34-18(25-17(28)14-4-3-9-32-14)15(13)19(29)27(26-16)11-5-7-12(8-6-11)33-21(22,23)24/h5-8,10,14H,2-4,9H2,1H3,(H,25,28). The molecule has 9 nitrogen and oxygen atoms in total. The summed E-state index contributed by atoms with van der Waals surface area (Å²) in [5.74, 6) is -1.71. The third-order valence-electron chi connectivity index (χ3n) is 4.89. The number of esters is 1. The number of benzene rings is 1. The SMILES string of the molecule is CCOC(=O)c1nn(-c2ccc(OC(F)(F)F)cc2)c(=O)c2c(NC(=O)C3CCCO3)scc12. The molecule has 0 radical (unpaired) electrons. The van der Waals surface area contributed by atoms with Crippen LogP contribution < -0.4 is 15.6 Å². The molecule has 1 aliphatic rings. The Bertz CT molecular complexity index is 1280. The molecule has 1 fully saturated rings. The van der Waals surface area contributed by atoms with Crippen LogP contribution in [0.2, 0.25) is 0 Å². The van der Waals surface area contributed by atoms with Crippen molar-refractivity contribution in [1.82, 2.24) is 9.78 Å². The number of carbonyl (C=O) groups is 2. The van der Waals surface area contributed by atoms with Gasteiger partial charge in [-0.25, -0.2) is 4.79 Å². The topological polar surface area (TPSA) is 109 Å². The fourth-order valence-electron chi connectivity index (χ4n) is 3.43. The molecule has 1 amide bonds. The van der Waals surface area contributed by atoms with Gasteiger partial charge in [-0.1, -0.05) is 0 Å². The lowest BCUT2D eigenvalue weighted by Crippen LogP contribution is -2.28. The number of rotatable bonds is 6. The number of hydrogen-bond donors (Lipinski definition) is 1. The van der Waals surface area contributed by atoms with Crippen molar-refractivity contribution < 1.29 is 37.0 Å². The number of hydrogen-bond acceptors (Lipinski definition) is 8. The van der Waals surface area contributed by atoms with Crippen LogP contribution in [0.5, 0.6) is 5.75 Å². The summed E-state index contributed by atoms with van der Waals surface area (Å²) in [7, 11) is 0. The Morgan fingerprint density at radius 3 is 2.65 bits per heavy atom. The minimum atomic E-state index is -4.88. The Morgan fingerprint density at radius 1 is 1.29 bits per heavy atom. The molecule has 1 saturated heterocycles. The quantitative estimate of drug-likeness (QED) is 0.518. The van der Waals surface area contributed by atoms with Crippen molar-refractivity contribution in [2.75, 3.05) is 18.5 Å². The van der Waals surface area contributed by atoms with Crippen molar-refractivity contribution >= 4 is 39.0 Å². The minimum absolute atomic E-state index is 0.0185. The van der Waals surface area contributed by atoms with Crippen molar-refractivity contribution in [3.63, 3.8) is 0 Å². The predicted octanol–water partition coefficient (Wildman–Crippen LogP) is 3.64. The predicted molar refractivity (Wildman–Crippen MR) is 115 cm³/mol. The van der Waals surface area contributed by atoms with Crippen molar-refractivity contribution in [1.29, 1.82) is 0 Å². The van der Waals surface area contributed by atoms with E-state index in [9.17, 15) is 27.6 Å². The molecule has 13 heteroatoms. The van der Waals surface area contributed by atoms with Gasteiger partial charge in [-0.05, 0) is 44.0 Å². The maximum atomic E-state index is 13.3. The summed E-state index contributed by atoms with van der Waals surface area (Å²) >= 11 is 1.03. The zero-order valence-electron chi connectivity index (χ0n) is 17.7. The molecule has 1 aliphatic heterocycles. The fourth-order valence-corrected chi connectivity index (χ4v) is 4.37. The summed E-state index contributed by atoms with van der Waals surface area (Å²) in [4.78, 5) is 38.4. The highest BCUT2D eigenvalue weighted by Gasteiger charge is 2.31. The van der Waals surface area contributed by atoms with Gasteiger partial charge in [-0.15, -0.1) is 24.5 Å². The van der Waals surface area contributed by atoms with E-state index in [-0.39, 0.29) is 33.8 Å². The van der Waals surface area contributed by atoms with E-state index >= 15 is 0 Å². The molecule has 1 unspecified atom stereocenters. The van der Waals surface area contributed by atoms with E-state index in [4.69, 9.17) is 9.47 Å². The first kappa shape index (κ1) is 23.7. The van der Waals surface area contributed by atoms with Crippen molar-refractivity contribution in [2.45, 2.75) is 32.2 Å². The average Bonchev–Trinajstić information content (AvgIpc) is 3.45. The minimum Gasteiger partial charge on any atom is -0.461 e. The first-order valence-corrected chi connectivity index (χ1v) is 11.1. The first-order chi connectivity index (χ1) is 16.2. The summed E-state index contributed by atoms with van der Waals surface area (Å²) in [6, 6.07) is 4.40. The van der Waals surface area contributed by atoms with Crippen molar-refractivity contribution in [3.05, 3.63) is 45.7 Å². The second kappa shape index (κ2) is 9.43. The first-order valence-electron chi connectivity index (χ1n) is 10.2. The van der Waals surface area contributed by atoms with E-state index < -0.39 is 35.7 Å². The fraction of sp³-hybridized carbons (Fsp3) is 0.333. The van der Waals surface area contributed by atoms with Crippen LogP contribution >= 0.6 is 11.3 Å². The Morgan fingerprint density at radius 2 is 2.03 bits per heavy atom. The molecule has 3 aromatic rings. The number of aromatic nitrogens is 2. The lowest BCUT2D eigenvalue weighted by Gasteiger charge is -2.12. The van der Waals surface area contributed by atoms with E-state index in [0.717, 1.165) is 34.6 Å². The van der Waals surface area contributed by atoms with Gasteiger partial charge in [-0.2, -0.15) is 9.78 Å². The van der Waals surface area contributed by atoms with Crippen LogP contribution in [0.3, 0.4) is 0 Å². The molecule has 1 N–H and O–H groups in total. The Balaban J connectivity index is 1.80. The largest absolute Gasteiger partial charge is 0.573 e. The van der Waals surface area contributed by atoms with Gasteiger partial charge in [0.1, 0.15) is 16.9 Å². The normalized spacial score (nSPS) is 15.9. The summed E-state index contributed by atoms with van der Waals surface area (Å²) in [6.07, 6.45) is -4.24. The van der Waals surface area contributed by atoms with Crippen LogP contribution in [0.15, 0.2) is 34.4 Å². The Labute approximate surface area is 194 Å². The van der Waals surface area contributed by atoms with E-state index in [0.29, 0.717) is 13.0 Å². The Kier molecular flexibility index (Phi) is 6.57. The summed E-state index contributed by atoms with van der Waals surface area (Å²) in [5, 5.41) is 8.68.